The van der Waals surface area contributed by atoms with Gasteiger partial charge in [-0.25, -0.2) is 0 Å². The number of benzene rings is 4. The van der Waals surface area contributed by atoms with Crippen molar-refractivity contribution in [2.24, 2.45) is 0 Å². The molecular weight excluding hydrogens is 769 g/mol. The van der Waals surface area contributed by atoms with Gasteiger partial charge in [-0.2, -0.15) is 0 Å². The van der Waals surface area contributed by atoms with E-state index in [4.69, 9.17) is 28.4 Å². The summed E-state index contributed by atoms with van der Waals surface area (Å²) in [6, 6.07) is 18.9. The third-order valence-corrected chi connectivity index (χ3v) is 12.1. The third-order valence-electron chi connectivity index (χ3n) is 12.1. The largest absolute Gasteiger partial charge is 0.494 e. The number of ether oxygens (including phenoxy) is 6. The number of hydrogen-bond acceptors (Lipinski definition) is 6. The zero-order valence-electron chi connectivity index (χ0n) is 41.0. The second-order valence-corrected chi connectivity index (χ2v) is 21.8. The fourth-order valence-corrected chi connectivity index (χ4v) is 9.38. The Balaban J connectivity index is 1.81. The van der Waals surface area contributed by atoms with Crippen LogP contribution >= 0.6 is 0 Å². The molecule has 0 unspecified atom stereocenters. The molecule has 6 rings (SSSR count). The van der Waals surface area contributed by atoms with Crippen molar-refractivity contribution < 1.29 is 28.4 Å². The molecule has 0 N–H and O–H groups in total. The van der Waals surface area contributed by atoms with E-state index >= 15 is 0 Å². The molecule has 0 atom stereocenters. The first kappa shape index (κ1) is 47.5. The Morgan fingerprint density at radius 3 is 0.935 bits per heavy atom. The Kier molecular flexibility index (Phi) is 14.9. The fourth-order valence-electron chi connectivity index (χ4n) is 9.38. The first-order chi connectivity index (χ1) is 29.2. The van der Waals surface area contributed by atoms with E-state index in [1.54, 1.807) is 0 Å². The molecule has 6 heteroatoms. The number of rotatable bonds is 6. The molecule has 2 aliphatic rings. The molecule has 338 valence electrons. The quantitative estimate of drug-likeness (QED) is 0.170. The summed E-state index contributed by atoms with van der Waals surface area (Å²) in [5.74, 6) is 3.71. The minimum absolute atomic E-state index is 0.101. The first-order valence-corrected chi connectivity index (χ1v) is 23.5. The average Bonchev–Trinajstić information content (AvgIpc) is 3.15. The van der Waals surface area contributed by atoms with Crippen molar-refractivity contribution in [3.8, 4) is 23.0 Å². The van der Waals surface area contributed by atoms with Gasteiger partial charge in [0.25, 0.3) is 0 Å². The SMILES string of the molecule is CCCOc1cc2c(C(C)(C)C)c(c1)Cc1cc(C(C)(C)C)cc3c1OCCOCCOCCOc1c(cc(C(C)(C)C)cc1Cc1cc(OCCC)cc(c1C(C)(C)C)C3)C2. The lowest BCUT2D eigenvalue weighted by atomic mass is 9.74. The predicted molar refractivity (Wildman–Crippen MR) is 256 cm³/mol. The van der Waals surface area contributed by atoms with Crippen LogP contribution in [0.25, 0.3) is 0 Å². The molecule has 0 saturated carbocycles. The Morgan fingerprint density at radius 2 is 0.677 bits per heavy atom. The van der Waals surface area contributed by atoms with Crippen LogP contribution < -0.4 is 18.9 Å². The van der Waals surface area contributed by atoms with E-state index in [0.29, 0.717) is 78.5 Å². The monoisotopic (exact) mass is 847 g/mol. The molecule has 4 aromatic carbocycles. The first-order valence-electron chi connectivity index (χ1n) is 23.5. The van der Waals surface area contributed by atoms with E-state index in [1.165, 1.54) is 66.8 Å². The van der Waals surface area contributed by atoms with Gasteiger partial charge in [-0.05, 0) is 126 Å². The molecule has 0 fully saturated rings. The molecule has 10 bridgehead atoms. The lowest BCUT2D eigenvalue weighted by Gasteiger charge is -2.32. The van der Waals surface area contributed by atoms with E-state index in [-0.39, 0.29) is 21.7 Å². The van der Waals surface area contributed by atoms with E-state index in [0.717, 1.165) is 35.8 Å². The second-order valence-electron chi connectivity index (χ2n) is 21.8. The molecule has 6 nitrogen and oxygen atoms in total. The van der Waals surface area contributed by atoms with Crippen LogP contribution in [0.15, 0.2) is 48.5 Å². The molecule has 0 spiro atoms. The molecule has 1 aliphatic heterocycles. The van der Waals surface area contributed by atoms with Crippen LogP contribution in [0.4, 0.5) is 0 Å². The van der Waals surface area contributed by atoms with Gasteiger partial charge in [0, 0.05) is 25.7 Å². The molecule has 1 aliphatic carbocycles. The van der Waals surface area contributed by atoms with Gasteiger partial charge >= 0.3 is 0 Å². The van der Waals surface area contributed by atoms with Crippen LogP contribution in [0.5, 0.6) is 23.0 Å². The van der Waals surface area contributed by atoms with Gasteiger partial charge < -0.3 is 28.4 Å². The Morgan fingerprint density at radius 1 is 0.387 bits per heavy atom. The maximum Gasteiger partial charge on any atom is 0.126 e. The highest BCUT2D eigenvalue weighted by Gasteiger charge is 2.31. The summed E-state index contributed by atoms with van der Waals surface area (Å²) in [5, 5.41) is 0. The number of hydrogen-bond donors (Lipinski definition) is 0. The van der Waals surface area contributed by atoms with Gasteiger partial charge in [0.05, 0.1) is 39.6 Å². The molecule has 0 radical (unpaired) electrons. The van der Waals surface area contributed by atoms with E-state index in [2.05, 4.69) is 145 Å². The molecular formula is C56H78O6. The van der Waals surface area contributed by atoms with Gasteiger partial charge in [0.1, 0.15) is 36.2 Å². The van der Waals surface area contributed by atoms with Gasteiger partial charge in [0.2, 0.25) is 0 Å². The van der Waals surface area contributed by atoms with Gasteiger partial charge in [0.15, 0.2) is 0 Å². The summed E-state index contributed by atoms with van der Waals surface area (Å²) < 4.78 is 39.5. The van der Waals surface area contributed by atoms with E-state index < -0.39 is 0 Å². The maximum atomic E-state index is 7.03. The molecule has 62 heavy (non-hydrogen) atoms. The summed E-state index contributed by atoms with van der Waals surface area (Å²) in [7, 11) is 0. The van der Waals surface area contributed by atoms with Gasteiger partial charge in [-0.15, -0.1) is 0 Å². The molecule has 0 amide bonds. The lowest BCUT2D eigenvalue weighted by molar-refractivity contribution is 0.0270. The highest BCUT2D eigenvalue weighted by molar-refractivity contribution is 5.59. The maximum absolute atomic E-state index is 7.03. The van der Waals surface area contributed by atoms with Crippen molar-refractivity contribution in [3.05, 3.63) is 115 Å². The van der Waals surface area contributed by atoms with Gasteiger partial charge in [-0.1, -0.05) is 121 Å². The third kappa shape index (κ3) is 11.6. The topological polar surface area (TPSA) is 55.4 Å². The minimum Gasteiger partial charge on any atom is -0.494 e. The summed E-state index contributed by atoms with van der Waals surface area (Å²) in [6.45, 7) is 36.5. The highest BCUT2D eigenvalue weighted by Crippen LogP contribution is 2.44. The van der Waals surface area contributed by atoms with Crippen LogP contribution in [0.3, 0.4) is 0 Å². The van der Waals surface area contributed by atoms with Crippen LogP contribution in [-0.4, -0.2) is 52.9 Å². The predicted octanol–water partition coefficient (Wildman–Crippen LogP) is 12.9. The fraction of sp³-hybridized carbons (Fsp3) is 0.571. The molecule has 1 heterocycles. The summed E-state index contributed by atoms with van der Waals surface area (Å²) in [6.07, 6.45) is 4.63. The van der Waals surface area contributed by atoms with Crippen molar-refractivity contribution in [3.63, 3.8) is 0 Å². The Hall–Kier alpha value is -4.00. The normalized spacial score (nSPS) is 15.6. The number of fused-ring (bicyclic) bond motifs is 2. The van der Waals surface area contributed by atoms with E-state index in [1.807, 2.05) is 0 Å². The Labute approximate surface area is 375 Å². The zero-order chi connectivity index (χ0) is 45.0. The summed E-state index contributed by atoms with van der Waals surface area (Å²) in [5.41, 5.74) is 14.5. The van der Waals surface area contributed by atoms with Crippen LogP contribution in [0.2, 0.25) is 0 Å². The zero-order valence-corrected chi connectivity index (χ0v) is 41.0. The standard InChI is InChI=1S/C56H78O6/c1-15-17-59-47-33-37-25-41-29-45(53(3,4)5)31-43-27-39-35-48(60-18-16-2)36-40(50(39)56(12,13)14)28-44-32-46(54(6,7)8)30-42(26-38(34-47)49(37)55(9,10)11)52(44)62-24-22-58-20-19-57-21-23-61-51(41)43/h29-36H,15-28H2,1-14H3. The second kappa shape index (κ2) is 19.4. The summed E-state index contributed by atoms with van der Waals surface area (Å²) in [4.78, 5) is 0. The summed E-state index contributed by atoms with van der Waals surface area (Å²) >= 11 is 0. The smallest absolute Gasteiger partial charge is 0.126 e. The van der Waals surface area contributed by atoms with Gasteiger partial charge in [-0.3, -0.25) is 0 Å². The van der Waals surface area contributed by atoms with Crippen molar-refractivity contribution in [2.75, 3.05) is 52.9 Å². The van der Waals surface area contributed by atoms with Crippen LogP contribution in [-0.2, 0) is 56.8 Å². The highest BCUT2D eigenvalue weighted by atomic mass is 16.6. The van der Waals surface area contributed by atoms with Crippen molar-refractivity contribution in [2.45, 2.75) is 157 Å². The van der Waals surface area contributed by atoms with Crippen molar-refractivity contribution in [1.29, 1.82) is 0 Å². The Bertz CT molecular complexity index is 1920. The van der Waals surface area contributed by atoms with Crippen LogP contribution in [0, 0.1) is 0 Å². The molecule has 0 saturated heterocycles. The lowest BCUT2D eigenvalue weighted by Crippen LogP contribution is -2.21. The molecule has 4 aromatic rings. The average molecular weight is 847 g/mol. The van der Waals surface area contributed by atoms with E-state index in [9.17, 15) is 0 Å². The van der Waals surface area contributed by atoms with Crippen LogP contribution in [0.1, 0.15) is 177 Å². The van der Waals surface area contributed by atoms with Crippen molar-refractivity contribution in [1.82, 2.24) is 0 Å². The molecule has 0 aromatic heterocycles. The minimum atomic E-state index is -0.176. The van der Waals surface area contributed by atoms with Crippen molar-refractivity contribution >= 4 is 0 Å².